The fourth-order valence-electron chi connectivity index (χ4n) is 5.44. The molecule has 1 heterocycles. The van der Waals surface area contributed by atoms with Crippen LogP contribution >= 0.6 is 0 Å². The number of amides is 3. The van der Waals surface area contributed by atoms with E-state index < -0.39 is 18.5 Å². The first-order valence-corrected chi connectivity index (χ1v) is 12.9. The molecule has 0 radical (unpaired) electrons. The van der Waals surface area contributed by atoms with Gasteiger partial charge in [-0.15, -0.1) is 0 Å². The highest BCUT2D eigenvalue weighted by atomic mass is 16.5. The number of ether oxygens (including phenoxy) is 1. The van der Waals surface area contributed by atoms with Gasteiger partial charge >= 0.3 is 5.97 Å². The first kappa shape index (κ1) is 26.0. The lowest BCUT2D eigenvalue weighted by Crippen LogP contribution is -2.30. The van der Waals surface area contributed by atoms with Crippen molar-refractivity contribution in [1.82, 2.24) is 0 Å². The molecular weight excluding hydrogens is 496 g/mol. The second-order valence-electron chi connectivity index (χ2n) is 9.95. The molecule has 1 N–H and O–H groups in total. The lowest BCUT2D eigenvalue weighted by molar-refractivity contribution is -0.122. The Morgan fingerprint density at radius 2 is 1.56 bits per heavy atom. The van der Waals surface area contributed by atoms with E-state index in [1.165, 1.54) is 29.5 Å². The summed E-state index contributed by atoms with van der Waals surface area (Å²) in [5, 5.41) is 2.59. The molecule has 0 bridgehead atoms. The number of hydrogen-bond acceptors (Lipinski definition) is 6. The highest BCUT2D eigenvalue weighted by Crippen LogP contribution is 2.45. The van der Waals surface area contributed by atoms with Crippen molar-refractivity contribution in [2.75, 3.05) is 16.8 Å². The SMILES string of the molecule is CC(=O)c1cccc(NC(=O)COC(=O)c2ccc(N3C(=O)[C@H]4C[C@H](c5ccccc5)CC[C@H]4C3=O)cc2)c1. The molecule has 39 heavy (non-hydrogen) atoms. The molecule has 198 valence electrons. The van der Waals surface area contributed by atoms with Crippen molar-refractivity contribution in [2.24, 2.45) is 11.8 Å². The van der Waals surface area contributed by atoms with Gasteiger partial charge in [0.1, 0.15) is 0 Å². The summed E-state index contributed by atoms with van der Waals surface area (Å²) in [7, 11) is 0. The van der Waals surface area contributed by atoms with Crippen LogP contribution in [0.5, 0.6) is 0 Å². The van der Waals surface area contributed by atoms with Gasteiger partial charge in [-0.1, -0.05) is 42.5 Å². The Morgan fingerprint density at radius 1 is 0.846 bits per heavy atom. The number of nitrogens with one attached hydrogen (secondary N) is 1. The second-order valence-corrected chi connectivity index (χ2v) is 9.95. The fraction of sp³-hybridized carbons (Fsp3) is 0.258. The third kappa shape index (κ3) is 5.50. The van der Waals surface area contributed by atoms with Gasteiger partial charge in [-0.3, -0.25) is 24.1 Å². The highest BCUT2D eigenvalue weighted by molar-refractivity contribution is 6.22. The van der Waals surface area contributed by atoms with E-state index in [-0.39, 0.29) is 40.9 Å². The smallest absolute Gasteiger partial charge is 0.338 e. The summed E-state index contributed by atoms with van der Waals surface area (Å²) in [6.45, 7) is 0.914. The Bertz CT molecular complexity index is 1430. The van der Waals surface area contributed by atoms with Gasteiger partial charge in [-0.2, -0.15) is 0 Å². The first-order valence-electron chi connectivity index (χ1n) is 12.9. The summed E-state index contributed by atoms with van der Waals surface area (Å²) in [6, 6.07) is 22.6. The number of rotatable bonds is 7. The van der Waals surface area contributed by atoms with E-state index in [1.807, 2.05) is 18.2 Å². The molecule has 1 saturated carbocycles. The Balaban J connectivity index is 1.19. The first-order chi connectivity index (χ1) is 18.8. The van der Waals surface area contributed by atoms with E-state index in [2.05, 4.69) is 17.4 Å². The lowest BCUT2D eigenvalue weighted by atomic mass is 9.73. The van der Waals surface area contributed by atoms with E-state index in [1.54, 1.807) is 36.4 Å². The van der Waals surface area contributed by atoms with Gasteiger partial charge in [0.25, 0.3) is 5.91 Å². The van der Waals surface area contributed by atoms with Gasteiger partial charge < -0.3 is 10.1 Å². The summed E-state index contributed by atoms with van der Waals surface area (Å²) in [6.07, 6.45) is 2.16. The molecule has 3 amide bonds. The van der Waals surface area contributed by atoms with Crippen LogP contribution in [0.15, 0.2) is 78.9 Å². The molecule has 8 nitrogen and oxygen atoms in total. The zero-order valence-corrected chi connectivity index (χ0v) is 21.5. The molecule has 2 aliphatic rings. The highest BCUT2D eigenvalue weighted by Gasteiger charge is 2.50. The molecule has 8 heteroatoms. The van der Waals surface area contributed by atoms with Crippen molar-refractivity contribution >= 4 is 40.8 Å². The van der Waals surface area contributed by atoms with Crippen LogP contribution in [0, 0.1) is 11.8 Å². The molecule has 1 saturated heterocycles. The topological polar surface area (TPSA) is 110 Å². The molecule has 0 unspecified atom stereocenters. The molecule has 1 aliphatic heterocycles. The van der Waals surface area contributed by atoms with Crippen molar-refractivity contribution in [2.45, 2.75) is 32.1 Å². The normalized spacial score (nSPS) is 20.3. The van der Waals surface area contributed by atoms with Crippen LogP contribution in [0.25, 0.3) is 0 Å². The van der Waals surface area contributed by atoms with Crippen molar-refractivity contribution in [3.05, 3.63) is 95.6 Å². The number of carbonyl (C=O) groups excluding carboxylic acids is 5. The van der Waals surface area contributed by atoms with Crippen LogP contribution in [0.3, 0.4) is 0 Å². The number of nitrogens with zero attached hydrogens (tertiary/aromatic N) is 1. The van der Waals surface area contributed by atoms with Gasteiger partial charge in [0.05, 0.1) is 23.1 Å². The molecule has 0 spiro atoms. The molecular formula is C31H28N2O6. The third-order valence-electron chi connectivity index (χ3n) is 7.44. The summed E-state index contributed by atoms with van der Waals surface area (Å²) >= 11 is 0. The minimum atomic E-state index is -0.715. The van der Waals surface area contributed by atoms with E-state index in [0.29, 0.717) is 29.8 Å². The van der Waals surface area contributed by atoms with Crippen LogP contribution in [0.1, 0.15) is 58.4 Å². The van der Waals surface area contributed by atoms with Crippen molar-refractivity contribution in [3.8, 4) is 0 Å². The molecule has 1 aliphatic carbocycles. The summed E-state index contributed by atoms with van der Waals surface area (Å²) in [5.74, 6) is -2.22. The summed E-state index contributed by atoms with van der Waals surface area (Å²) in [5.41, 5.74) is 2.66. The number of hydrogen-bond donors (Lipinski definition) is 1. The Hall–Kier alpha value is -4.59. The number of carbonyl (C=O) groups is 5. The minimum absolute atomic E-state index is 0.131. The number of esters is 1. The average Bonchev–Trinajstić information content (AvgIpc) is 3.21. The zero-order valence-electron chi connectivity index (χ0n) is 21.5. The molecule has 3 aromatic rings. The number of fused-ring (bicyclic) bond motifs is 1. The third-order valence-corrected chi connectivity index (χ3v) is 7.44. The van der Waals surface area contributed by atoms with Crippen LogP contribution in [0.2, 0.25) is 0 Å². The van der Waals surface area contributed by atoms with Crippen LogP contribution in [-0.4, -0.2) is 36.1 Å². The molecule has 3 atom stereocenters. The van der Waals surface area contributed by atoms with Gasteiger partial charge in [-0.05, 0) is 74.1 Å². The molecule has 5 rings (SSSR count). The number of ketones is 1. The van der Waals surface area contributed by atoms with E-state index in [9.17, 15) is 24.0 Å². The largest absolute Gasteiger partial charge is 0.452 e. The maximum absolute atomic E-state index is 13.3. The molecule has 0 aromatic heterocycles. The van der Waals surface area contributed by atoms with E-state index in [4.69, 9.17) is 4.74 Å². The van der Waals surface area contributed by atoms with Crippen molar-refractivity contribution < 1.29 is 28.7 Å². The average molecular weight is 525 g/mol. The standard InChI is InChI=1S/C31H28N2O6/c1-19(34)22-8-5-9-24(16-22)32-28(35)18-39-31(38)21-10-13-25(14-11-21)33-29(36)26-15-12-23(17-27(26)30(33)37)20-6-3-2-4-7-20/h2-11,13-14,16,23,26-27H,12,15,17-18H2,1H3,(H,32,35)/t23-,26-,27+/m1/s1. The predicted octanol–water partition coefficient (Wildman–Crippen LogP) is 4.76. The van der Waals surface area contributed by atoms with Crippen LogP contribution in [0.4, 0.5) is 11.4 Å². The maximum Gasteiger partial charge on any atom is 0.338 e. The lowest BCUT2D eigenvalue weighted by Gasteiger charge is -2.28. The number of imide groups is 1. The van der Waals surface area contributed by atoms with Crippen LogP contribution in [-0.2, 0) is 19.1 Å². The fourth-order valence-corrected chi connectivity index (χ4v) is 5.44. The second kappa shape index (κ2) is 11.0. The zero-order chi connectivity index (χ0) is 27.5. The minimum Gasteiger partial charge on any atom is -0.452 e. The van der Waals surface area contributed by atoms with Gasteiger partial charge in [0.15, 0.2) is 12.4 Å². The monoisotopic (exact) mass is 524 g/mol. The van der Waals surface area contributed by atoms with Gasteiger partial charge in [-0.25, -0.2) is 4.79 Å². The Morgan fingerprint density at radius 3 is 2.28 bits per heavy atom. The van der Waals surface area contributed by atoms with Crippen molar-refractivity contribution in [3.63, 3.8) is 0 Å². The number of benzene rings is 3. The predicted molar refractivity (Wildman–Crippen MR) is 144 cm³/mol. The Kier molecular flexibility index (Phi) is 7.36. The van der Waals surface area contributed by atoms with E-state index >= 15 is 0 Å². The van der Waals surface area contributed by atoms with Gasteiger partial charge in [0.2, 0.25) is 11.8 Å². The number of anilines is 2. The molecule has 3 aromatic carbocycles. The maximum atomic E-state index is 13.3. The van der Waals surface area contributed by atoms with E-state index in [0.717, 1.165) is 6.42 Å². The molecule has 2 fully saturated rings. The summed E-state index contributed by atoms with van der Waals surface area (Å²) in [4.78, 5) is 63.9. The quantitative estimate of drug-likeness (QED) is 0.271. The van der Waals surface area contributed by atoms with Crippen molar-refractivity contribution in [1.29, 1.82) is 0 Å². The Labute approximate surface area is 226 Å². The van der Waals surface area contributed by atoms with Crippen LogP contribution < -0.4 is 10.2 Å². The number of Topliss-reactive ketones (excluding diaryl/α,β-unsaturated/α-hetero) is 1. The summed E-state index contributed by atoms with van der Waals surface area (Å²) < 4.78 is 5.11. The van der Waals surface area contributed by atoms with Gasteiger partial charge in [0, 0.05) is 11.3 Å².